The van der Waals surface area contributed by atoms with E-state index in [1.54, 1.807) is 31.4 Å². The van der Waals surface area contributed by atoms with Gasteiger partial charge < -0.3 is 19.5 Å². The molecule has 25 heavy (non-hydrogen) atoms. The summed E-state index contributed by atoms with van der Waals surface area (Å²) in [5, 5.41) is 9.28. The topological polar surface area (TPSA) is 76.1 Å². The first-order valence-corrected chi connectivity index (χ1v) is 8.32. The average Bonchev–Trinajstić information content (AvgIpc) is 2.61. The van der Waals surface area contributed by atoms with Gasteiger partial charge in [-0.25, -0.2) is 4.79 Å². The van der Waals surface area contributed by atoms with Crippen molar-refractivity contribution in [3.8, 4) is 11.5 Å². The minimum absolute atomic E-state index is 0.0232. The number of carboxylic acid groups (broad SMARTS) is 1. The predicted molar refractivity (Wildman–Crippen MR) is 93.0 cm³/mol. The molecule has 0 amide bonds. The second-order valence-corrected chi connectivity index (χ2v) is 5.95. The molecule has 2 heterocycles. The van der Waals surface area contributed by atoms with Gasteiger partial charge in [-0.2, -0.15) is 0 Å². The van der Waals surface area contributed by atoms with E-state index in [2.05, 4.69) is 0 Å². The van der Waals surface area contributed by atoms with Crippen molar-refractivity contribution in [3.63, 3.8) is 0 Å². The number of hydrogen-bond donors (Lipinski definition) is 1. The van der Waals surface area contributed by atoms with Crippen molar-refractivity contribution < 1.29 is 24.2 Å². The molecule has 1 aromatic carbocycles. The highest BCUT2D eigenvalue weighted by Crippen LogP contribution is 2.41. The minimum atomic E-state index is -0.965. The van der Waals surface area contributed by atoms with Crippen molar-refractivity contribution in [2.45, 2.75) is 26.3 Å². The normalized spacial score (nSPS) is 18.8. The number of ketones is 1. The summed E-state index contributed by atoms with van der Waals surface area (Å²) >= 11 is 0. The summed E-state index contributed by atoms with van der Waals surface area (Å²) in [6.07, 6.45) is 3.96. The van der Waals surface area contributed by atoms with E-state index in [1.165, 1.54) is 0 Å². The maximum absolute atomic E-state index is 13.0. The number of ether oxygens (including phenoxy) is 2. The number of fused-ring (bicyclic) bond motifs is 3. The molecule has 1 aromatic rings. The van der Waals surface area contributed by atoms with Gasteiger partial charge in [0.15, 0.2) is 17.3 Å². The Balaban J connectivity index is 2.19. The molecular formula is C19H21NO5. The third kappa shape index (κ3) is 2.77. The van der Waals surface area contributed by atoms with E-state index in [1.807, 2.05) is 18.7 Å². The molecule has 1 N–H and O–H groups in total. The van der Waals surface area contributed by atoms with E-state index in [0.717, 1.165) is 11.3 Å². The molecule has 2 aliphatic heterocycles. The third-order valence-corrected chi connectivity index (χ3v) is 4.58. The van der Waals surface area contributed by atoms with E-state index in [-0.39, 0.29) is 23.9 Å². The number of methoxy groups -OCH3 is 1. The number of carbonyl (C=O) groups is 2. The van der Waals surface area contributed by atoms with Crippen molar-refractivity contribution in [1.82, 2.24) is 4.90 Å². The van der Waals surface area contributed by atoms with E-state index >= 15 is 0 Å². The molecule has 0 spiro atoms. The van der Waals surface area contributed by atoms with Crippen molar-refractivity contribution in [1.29, 1.82) is 0 Å². The fourth-order valence-electron chi connectivity index (χ4n) is 3.39. The Morgan fingerprint density at radius 2 is 1.96 bits per heavy atom. The number of benzene rings is 1. The average molecular weight is 343 g/mol. The molecule has 1 atom stereocenters. The van der Waals surface area contributed by atoms with Crippen molar-refractivity contribution in [2.24, 2.45) is 0 Å². The first-order chi connectivity index (χ1) is 12.0. The summed E-state index contributed by atoms with van der Waals surface area (Å²) in [6, 6.07) is 3.14. The van der Waals surface area contributed by atoms with Crippen LogP contribution in [0.5, 0.6) is 11.5 Å². The van der Waals surface area contributed by atoms with Crippen LogP contribution in [0.3, 0.4) is 0 Å². The number of Topliss-reactive ketones (excluding diaryl/α,β-unsaturated/α-hetero) is 1. The molecule has 0 aliphatic carbocycles. The number of rotatable bonds is 5. The van der Waals surface area contributed by atoms with Gasteiger partial charge in [-0.15, -0.1) is 0 Å². The van der Waals surface area contributed by atoms with Gasteiger partial charge >= 0.3 is 5.97 Å². The highest BCUT2D eigenvalue weighted by molar-refractivity contribution is 6.08. The fraction of sp³-hybridized carbons (Fsp3) is 0.368. The molecule has 6 heteroatoms. The van der Waals surface area contributed by atoms with Crippen LogP contribution in [-0.4, -0.2) is 48.1 Å². The van der Waals surface area contributed by atoms with Gasteiger partial charge in [-0.1, -0.05) is 6.92 Å². The number of allylic oxidation sites excluding steroid dienone is 2. The molecule has 0 aromatic heterocycles. The highest BCUT2D eigenvalue weighted by atomic mass is 16.5. The summed E-state index contributed by atoms with van der Waals surface area (Å²) in [5.41, 5.74) is 2.45. The highest BCUT2D eigenvalue weighted by Gasteiger charge is 2.38. The maximum atomic E-state index is 13.0. The van der Waals surface area contributed by atoms with Gasteiger partial charge in [-0.05, 0) is 37.6 Å². The number of nitrogens with zero attached hydrogens (tertiary/aromatic N) is 1. The lowest BCUT2D eigenvalue weighted by Crippen LogP contribution is -2.46. The second-order valence-electron chi connectivity index (χ2n) is 5.95. The Morgan fingerprint density at radius 1 is 1.24 bits per heavy atom. The fourth-order valence-corrected chi connectivity index (χ4v) is 3.39. The van der Waals surface area contributed by atoms with E-state index < -0.39 is 5.97 Å². The van der Waals surface area contributed by atoms with Crippen LogP contribution in [0.15, 0.2) is 29.9 Å². The standard InChI is InChI=1S/C19H21NO5/c1-4-14-18(21)13-9-17(25-5-2)16(24-3)8-12(13)15-7-6-11(19(22)23)10-20(14)15/h6-9,14H,4-5,10H2,1-3H3,(H,22,23). The van der Waals surface area contributed by atoms with Gasteiger partial charge in [0.25, 0.3) is 0 Å². The zero-order valence-electron chi connectivity index (χ0n) is 14.5. The molecule has 2 aliphatic rings. The molecule has 0 bridgehead atoms. The predicted octanol–water partition coefficient (Wildman–Crippen LogP) is 2.74. The number of carbonyl (C=O) groups excluding carboxylic acids is 1. The Labute approximate surface area is 146 Å². The van der Waals surface area contributed by atoms with E-state index in [9.17, 15) is 14.7 Å². The lowest BCUT2D eigenvalue weighted by atomic mass is 9.86. The largest absolute Gasteiger partial charge is 0.493 e. The molecule has 0 saturated carbocycles. The van der Waals surface area contributed by atoms with Crippen LogP contribution >= 0.6 is 0 Å². The van der Waals surface area contributed by atoms with Gasteiger partial charge in [0, 0.05) is 16.8 Å². The first-order valence-electron chi connectivity index (χ1n) is 8.32. The van der Waals surface area contributed by atoms with Crippen LogP contribution in [0.4, 0.5) is 0 Å². The van der Waals surface area contributed by atoms with Crippen LogP contribution in [0.25, 0.3) is 5.70 Å². The van der Waals surface area contributed by atoms with Crippen LogP contribution in [0.1, 0.15) is 36.2 Å². The lowest BCUT2D eigenvalue weighted by Gasteiger charge is -2.40. The number of carboxylic acids is 1. The van der Waals surface area contributed by atoms with Gasteiger partial charge in [-0.3, -0.25) is 4.79 Å². The Morgan fingerprint density at radius 3 is 2.56 bits per heavy atom. The zero-order chi connectivity index (χ0) is 18.1. The summed E-state index contributed by atoms with van der Waals surface area (Å²) in [5.74, 6) is 0.105. The third-order valence-electron chi connectivity index (χ3n) is 4.58. The lowest BCUT2D eigenvalue weighted by molar-refractivity contribution is -0.132. The smallest absolute Gasteiger partial charge is 0.333 e. The summed E-state index contributed by atoms with van der Waals surface area (Å²) in [7, 11) is 1.55. The molecule has 6 nitrogen and oxygen atoms in total. The van der Waals surface area contributed by atoms with E-state index in [0.29, 0.717) is 30.1 Å². The molecule has 1 unspecified atom stereocenters. The monoisotopic (exact) mass is 343 g/mol. The van der Waals surface area contributed by atoms with Crippen LogP contribution < -0.4 is 9.47 Å². The quantitative estimate of drug-likeness (QED) is 0.886. The van der Waals surface area contributed by atoms with Gasteiger partial charge in [0.1, 0.15) is 0 Å². The van der Waals surface area contributed by atoms with Crippen molar-refractivity contribution in [3.05, 3.63) is 41.0 Å². The number of hydrogen-bond acceptors (Lipinski definition) is 5. The molecule has 0 saturated heterocycles. The van der Waals surface area contributed by atoms with Gasteiger partial charge in [0.05, 0.1) is 31.9 Å². The molecule has 3 rings (SSSR count). The number of aliphatic carboxylic acids is 1. The van der Waals surface area contributed by atoms with Crippen LogP contribution in [0, 0.1) is 0 Å². The Bertz CT molecular complexity index is 793. The molecular weight excluding hydrogens is 322 g/mol. The Hall–Kier alpha value is -2.76. The van der Waals surface area contributed by atoms with E-state index in [4.69, 9.17) is 9.47 Å². The Kier molecular flexibility index (Phi) is 4.53. The zero-order valence-corrected chi connectivity index (χ0v) is 14.5. The molecule has 0 radical (unpaired) electrons. The summed E-state index contributed by atoms with van der Waals surface area (Å²) < 4.78 is 11.0. The maximum Gasteiger partial charge on any atom is 0.333 e. The van der Waals surface area contributed by atoms with Crippen LogP contribution in [-0.2, 0) is 4.79 Å². The SMILES string of the molecule is CCOc1cc2c(cc1OC)C1=CC=C(C(=O)O)CN1C(CC)C2=O. The first kappa shape index (κ1) is 17.1. The summed E-state index contributed by atoms with van der Waals surface area (Å²) in [6.45, 7) is 4.48. The second kappa shape index (κ2) is 6.63. The van der Waals surface area contributed by atoms with Crippen molar-refractivity contribution >= 4 is 17.4 Å². The van der Waals surface area contributed by atoms with Gasteiger partial charge in [0.2, 0.25) is 0 Å². The molecule has 132 valence electrons. The minimum Gasteiger partial charge on any atom is -0.493 e. The van der Waals surface area contributed by atoms with Crippen LogP contribution in [0.2, 0.25) is 0 Å². The van der Waals surface area contributed by atoms with Crippen molar-refractivity contribution in [2.75, 3.05) is 20.3 Å². The summed E-state index contributed by atoms with van der Waals surface area (Å²) in [4.78, 5) is 26.2. The molecule has 0 fully saturated rings.